The Balaban J connectivity index is 1.61. The Morgan fingerprint density at radius 2 is 1.73 bits per heavy atom. The molecule has 1 aliphatic carbocycles. The zero-order chi connectivity index (χ0) is 25.4. The number of aryl methyl sites for hydroxylation is 4. The summed E-state index contributed by atoms with van der Waals surface area (Å²) in [6.45, 7) is 6.54. The molecule has 4 aromatic carbocycles. The van der Waals surface area contributed by atoms with E-state index in [2.05, 4.69) is 91.6 Å². The number of aromatic nitrogens is 3. The Bertz CT molecular complexity index is 2000. The third-order valence-corrected chi connectivity index (χ3v) is 8.93. The Morgan fingerprint density at radius 3 is 2.54 bits per heavy atom. The second kappa shape index (κ2) is 6.74. The van der Waals surface area contributed by atoms with Crippen molar-refractivity contribution in [2.45, 2.75) is 38.5 Å². The number of methoxy groups -OCH3 is 1. The van der Waals surface area contributed by atoms with Crippen LogP contribution in [0, 0.1) is 20.8 Å². The standard InChI is InChI=1S/C32H28N3O2/c1-16-12-17(2)24-18(3)14-23-25(22(24)13-16)27-30(32(27,36)37-5)35-15-33-31-26(29(23)35)21-11-10-19-8-6-7-9-20(19)28(21)34(31)4/h6-15,27,30,36H,1-5H3/q+1. The molecule has 1 fully saturated rings. The monoisotopic (exact) mass is 486 g/mol. The van der Waals surface area contributed by atoms with Gasteiger partial charge in [-0.05, 0) is 64.7 Å². The first-order valence-electron chi connectivity index (χ1n) is 12.9. The molecule has 37 heavy (non-hydrogen) atoms. The molecule has 8 rings (SSSR count). The summed E-state index contributed by atoms with van der Waals surface area (Å²) in [5.74, 6) is -1.42. The summed E-state index contributed by atoms with van der Waals surface area (Å²) in [5.41, 5.74) is 9.33. The Morgan fingerprint density at radius 1 is 0.946 bits per heavy atom. The van der Waals surface area contributed by atoms with Gasteiger partial charge < -0.3 is 14.4 Å². The van der Waals surface area contributed by atoms with Gasteiger partial charge in [0.05, 0.1) is 11.4 Å². The Labute approximate surface area is 214 Å². The lowest BCUT2D eigenvalue weighted by atomic mass is 9.85. The van der Waals surface area contributed by atoms with Crippen LogP contribution in [-0.2, 0) is 11.8 Å². The number of aliphatic hydroxyl groups is 1. The molecule has 6 aromatic rings. The maximum absolute atomic E-state index is 11.7. The molecule has 1 N–H and O–H groups in total. The highest BCUT2D eigenvalue weighted by Crippen LogP contribution is 2.65. The molecule has 1 aliphatic heterocycles. The van der Waals surface area contributed by atoms with Gasteiger partial charge >= 0.3 is 0 Å². The van der Waals surface area contributed by atoms with E-state index in [0.717, 1.165) is 22.3 Å². The summed E-state index contributed by atoms with van der Waals surface area (Å²) in [7, 11) is 3.72. The van der Waals surface area contributed by atoms with Crippen LogP contribution in [0.25, 0.3) is 54.7 Å². The van der Waals surface area contributed by atoms with Gasteiger partial charge in [-0.3, -0.25) is 0 Å². The van der Waals surface area contributed by atoms with Crippen molar-refractivity contribution in [1.82, 2.24) is 9.55 Å². The van der Waals surface area contributed by atoms with Crippen LogP contribution in [0.1, 0.15) is 34.2 Å². The van der Waals surface area contributed by atoms with Crippen LogP contribution in [0.3, 0.4) is 0 Å². The summed E-state index contributed by atoms with van der Waals surface area (Å²) in [6.07, 6.45) is 1.90. The molecule has 0 spiro atoms. The molecule has 0 amide bonds. The first kappa shape index (κ1) is 21.3. The molecule has 2 aliphatic rings. The van der Waals surface area contributed by atoms with Crippen LogP contribution in [0.2, 0.25) is 0 Å². The maximum atomic E-state index is 11.7. The number of benzene rings is 4. The Hall–Kier alpha value is -3.80. The molecule has 2 aromatic heterocycles. The molecule has 5 heteroatoms. The van der Waals surface area contributed by atoms with E-state index in [1.807, 2.05) is 6.33 Å². The van der Waals surface area contributed by atoms with Crippen LogP contribution < -0.4 is 4.57 Å². The van der Waals surface area contributed by atoms with Crippen LogP contribution >= 0.6 is 0 Å². The Kier molecular flexibility index (Phi) is 3.88. The maximum Gasteiger partial charge on any atom is 0.289 e. The van der Waals surface area contributed by atoms with Crippen molar-refractivity contribution < 1.29 is 14.4 Å². The lowest BCUT2D eigenvalue weighted by Gasteiger charge is -2.21. The number of rotatable bonds is 1. The summed E-state index contributed by atoms with van der Waals surface area (Å²) < 4.78 is 10.2. The van der Waals surface area contributed by atoms with Crippen LogP contribution in [0.5, 0.6) is 0 Å². The average molecular weight is 487 g/mol. The second-order valence-electron chi connectivity index (χ2n) is 11.0. The van der Waals surface area contributed by atoms with Gasteiger partial charge in [0, 0.05) is 30.5 Å². The number of hydrogen-bond donors (Lipinski definition) is 1. The van der Waals surface area contributed by atoms with Crippen molar-refractivity contribution in [3.05, 3.63) is 83.2 Å². The van der Waals surface area contributed by atoms with Gasteiger partial charge in [-0.15, -0.1) is 0 Å². The molecule has 1 saturated carbocycles. The fraction of sp³-hybridized carbons (Fsp3) is 0.250. The molecule has 3 unspecified atom stereocenters. The minimum absolute atomic E-state index is 0.149. The zero-order valence-corrected chi connectivity index (χ0v) is 21.6. The van der Waals surface area contributed by atoms with Gasteiger partial charge in [0.2, 0.25) is 5.79 Å². The smallest absolute Gasteiger partial charge is 0.289 e. The topological polar surface area (TPSA) is 51.2 Å². The van der Waals surface area contributed by atoms with E-state index >= 15 is 0 Å². The number of hydrogen-bond acceptors (Lipinski definition) is 3. The highest BCUT2D eigenvalue weighted by molar-refractivity contribution is 6.20. The predicted molar refractivity (Wildman–Crippen MR) is 147 cm³/mol. The lowest BCUT2D eigenvalue weighted by molar-refractivity contribution is -0.704. The van der Waals surface area contributed by atoms with Crippen molar-refractivity contribution in [3.63, 3.8) is 0 Å². The van der Waals surface area contributed by atoms with Crippen LogP contribution in [-0.4, -0.2) is 27.6 Å². The normalized spacial score (nSPS) is 22.0. The molecule has 0 bridgehead atoms. The van der Waals surface area contributed by atoms with E-state index < -0.39 is 5.79 Å². The highest BCUT2D eigenvalue weighted by atomic mass is 16.6. The molecule has 3 heterocycles. The molecule has 182 valence electrons. The fourth-order valence-electron chi connectivity index (χ4n) is 7.44. The third-order valence-electron chi connectivity index (χ3n) is 8.93. The van der Waals surface area contributed by atoms with Crippen LogP contribution in [0.4, 0.5) is 0 Å². The van der Waals surface area contributed by atoms with Crippen molar-refractivity contribution in [2.24, 2.45) is 7.05 Å². The molecule has 5 nitrogen and oxygen atoms in total. The van der Waals surface area contributed by atoms with E-state index in [1.165, 1.54) is 54.7 Å². The van der Waals surface area contributed by atoms with E-state index in [9.17, 15) is 5.11 Å². The second-order valence-corrected chi connectivity index (χ2v) is 11.0. The predicted octanol–water partition coefficient (Wildman–Crippen LogP) is 5.90. The van der Waals surface area contributed by atoms with E-state index in [0.29, 0.717) is 0 Å². The molecule has 0 radical (unpaired) electrons. The average Bonchev–Trinajstić information content (AvgIpc) is 3.40. The van der Waals surface area contributed by atoms with Crippen molar-refractivity contribution >= 4 is 43.5 Å². The first-order valence-corrected chi connectivity index (χ1v) is 12.9. The number of fused-ring (bicyclic) bond motifs is 14. The molecule has 0 saturated heterocycles. The zero-order valence-electron chi connectivity index (χ0n) is 21.6. The summed E-state index contributed by atoms with van der Waals surface area (Å²) >= 11 is 0. The molecular formula is C32H28N3O2+. The van der Waals surface area contributed by atoms with Crippen molar-refractivity contribution in [2.75, 3.05) is 7.11 Å². The highest BCUT2D eigenvalue weighted by Gasteiger charge is 2.74. The minimum atomic E-state index is -1.27. The fourth-order valence-corrected chi connectivity index (χ4v) is 7.44. The van der Waals surface area contributed by atoms with Gasteiger partial charge in [0.15, 0.2) is 6.04 Å². The quantitative estimate of drug-likeness (QED) is 0.233. The van der Waals surface area contributed by atoms with E-state index in [-0.39, 0.29) is 12.0 Å². The number of nitrogens with zero attached hydrogens (tertiary/aromatic N) is 3. The van der Waals surface area contributed by atoms with Crippen molar-refractivity contribution in [3.8, 4) is 11.3 Å². The third kappa shape index (κ3) is 2.42. The molecular weight excluding hydrogens is 458 g/mol. The minimum Gasteiger partial charge on any atom is -0.362 e. The summed E-state index contributed by atoms with van der Waals surface area (Å²) in [4.78, 5) is 4.96. The van der Waals surface area contributed by atoms with E-state index in [4.69, 9.17) is 9.72 Å². The largest absolute Gasteiger partial charge is 0.362 e. The SMILES string of the molecule is COC1(O)C2c3c(cc(C)c4c(C)cc(C)cc34)-c3c4c5ccc6ccccc6c5n(C)c4nc[n+]3C21. The first-order chi connectivity index (χ1) is 17.8. The van der Waals surface area contributed by atoms with Crippen molar-refractivity contribution in [1.29, 1.82) is 0 Å². The van der Waals surface area contributed by atoms with Gasteiger partial charge in [-0.2, -0.15) is 0 Å². The van der Waals surface area contributed by atoms with Gasteiger partial charge in [0.1, 0.15) is 11.1 Å². The van der Waals surface area contributed by atoms with Gasteiger partial charge in [0.25, 0.3) is 12.0 Å². The summed E-state index contributed by atoms with van der Waals surface area (Å²) in [5, 5.41) is 18.9. The molecule has 3 atom stereocenters. The summed E-state index contributed by atoms with van der Waals surface area (Å²) in [6, 6.07) is 19.6. The number of ether oxygens (including phenoxy) is 1. The van der Waals surface area contributed by atoms with Gasteiger partial charge in [-0.1, -0.05) is 54.1 Å². The lowest BCUT2D eigenvalue weighted by Crippen LogP contribution is -2.41. The van der Waals surface area contributed by atoms with Crippen LogP contribution in [0.15, 0.2) is 60.9 Å². The van der Waals surface area contributed by atoms with Gasteiger partial charge in [-0.25, -0.2) is 4.57 Å². The van der Waals surface area contributed by atoms with E-state index in [1.54, 1.807) is 7.11 Å².